The minimum absolute atomic E-state index is 0.268. The van der Waals surface area contributed by atoms with Crippen molar-refractivity contribution in [2.75, 3.05) is 0 Å². The molecule has 0 radical (unpaired) electrons. The summed E-state index contributed by atoms with van der Waals surface area (Å²) in [5, 5.41) is 8.79. The van der Waals surface area contributed by atoms with Gasteiger partial charge in [-0.3, -0.25) is 0 Å². The lowest BCUT2D eigenvalue weighted by atomic mass is 10.3. The highest BCUT2D eigenvalue weighted by Gasteiger charge is 2.15. The third-order valence-electron chi connectivity index (χ3n) is 1.39. The Morgan fingerprint density at radius 1 is 1.62 bits per heavy atom. The van der Waals surface area contributed by atoms with Crippen molar-refractivity contribution in [3.05, 3.63) is 25.5 Å². The van der Waals surface area contributed by atoms with Gasteiger partial charge in [-0.05, 0) is 44.6 Å². The van der Waals surface area contributed by atoms with Crippen LogP contribution in [0.25, 0.3) is 0 Å². The Labute approximate surface area is 95.6 Å². The van der Waals surface area contributed by atoms with Crippen molar-refractivity contribution < 1.29 is 13.9 Å². The van der Waals surface area contributed by atoms with E-state index in [2.05, 4.69) is 20.9 Å². The van der Waals surface area contributed by atoms with Gasteiger partial charge in [0.15, 0.2) is 0 Å². The molecule has 2 nitrogen and oxygen atoms in total. The normalized spacial score (nSPS) is 10.9. The van der Waals surface area contributed by atoms with Crippen molar-refractivity contribution in [1.29, 1.82) is 0 Å². The molecule has 0 saturated carbocycles. The minimum atomic E-state index is -2.63. The van der Waals surface area contributed by atoms with Crippen LogP contribution in [0.1, 0.15) is 17.8 Å². The van der Waals surface area contributed by atoms with Crippen LogP contribution >= 0.6 is 38.5 Å². The molecule has 1 heterocycles. The number of pyridine rings is 1. The summed E-state index contributed by atoms with van der Waals surface area (Å²) in [6, 6.07) is 1.51. The first-order valence-electron chi connectivity index (χ1n) is 3.30. The van der Waals surface area contributed by atoms with Crippen molar-refractivity contribution >= 4 is 38.5 Å². The van der Waals surface area contributed by atoms with E-state index in [-0.39, 0.29) is 22.5 Å². The largest absolute Gasteiger partial charge is 0.390 e. The monoisotopic (exact) mass is 363 g/mol. The number of rotatable bonds is 2. The molecule has 1 aromatic heterocycles. The number of aliphatic hydroxyl groups excluding tert-OH is 1. The van der Waals surface area contributed by atoms with E-state index in [4.69, 9.17) is 5.11 Å². The summed E-state index contributed by atoms with van der Waals surface area (Å²) in [6.45, 7) is -0.328. The highest BCUT2D eigenvalue weighted by molar-refractivity contribution is 14.1. The van der Waals surface area contributed by atoms with Gasteiger partial charge in [0.05, 0.1) is 12.3 Å². The molecule has 0 aromatic carbocycles. The van der Waals surface area contributed by atoms with Crippen molar-refractivity contribution in [2.24, 2.45) is 0 Å². The van der Waals surface area contributed by atoms with Gasteiger partial charge >= 0.3 is 0 Å². The fraction of sp³-hybridized carbons (Fsp3) is 0.286. The summed E-state index contributed by atoms with van der Waals surface area (Å²) in [5.41, 5.74) is -0.0523. The maximum Gasteiger partial charge on any atom is 0.281 e. The first-order chi connectivity index (χ1) is 6.06. The zero-order valence-corrected chi connectivity index (χ0v) is 10.0. The van der Waals surface area contributed by atoms with E-state index in [0.29, 0.717) is 3.57 Å². The van der Waals surface area contributed by atoms with Crippen LogP contribution in [0.15, 0.2) is 10.5 Å². The van der Waals surface area contributed by atoms with E-state index in [0.717, 1.165) is 0 Å². The van der Waals surface area contributed by atoms with E-state index in [1.807, 2.05) is 22.6 Å². The summed E-state index contributed by atoms with van der Waals surface area (Å²) >= 11 is 4.91. The Morgan fingerprint density at radius 3 is 2.69 bits per heavy atom. The summed E-state index contributed by atoms with van der Waals surface area (Å²) in [6.07, 6.45) is -2.63. The van der Waals surface area contributed by atoms with Crippen molar-refractivity contribution in [3.63, 3.8) is 0 Å². The van der Waals surface area contributed by atoms with E-state index in [1.54, 1.807) is 0 Å². The van der Waals surface area contributed by atoms with E-state index >= 15 is 0 Å². The zero-order valence-electron chi connectivity index (χ0n) is 6.27. The van der Waals surface area contributed by atoms with Gasteiger partial charge < -0.3 is 5.11 Å². The second-order valence-corrected chi connectivity index (χ2v) is 4.26. The summed E-state index contributed by atoms with van der Waals surface area (Å²) in [4.78, 5) is 3.64. The topological polar surface area (TPSA) is 33.1 Å². The van der Waals surface area contributed by atoms with E-state index < -0.39 is 6.43 Å². The fourth-order valence-electron chi connectivity index (χ4n) is 0.785. The Hall–Kier alpha value is 0.180. The lowest BCUT2D eigenvalue weighted by Gasteiger charge is -2.06. The number of hydrogen-bond donors (Lipinski definition) is 1. The van der Waals surface area contributed by atoms with Crippen LogP contribution < -0.4 is 0 Å². The Kier molecular flexibility index (Phi) is 3.99. The molecule has 0 amide bonds. The average Bonchev–Trinajstić information content (AvgIpc) is 2.03. The fourth-order valence-corrected chi connectivity index (χ4v) is 2.31. The van der Waals surface area contributed by atoms with Crippen LogP contribution in [0.5, 0.6) is 0 Å². The SMILES string of the molecule is OCc1nc(C(F)F)c(Br)cc1I. The van der Waals surface area contributed by atoms with Gasteiger partial charge in [0, 0.05) is 8.04 Å². The number of aromatic nitrogens is 1. The molecule has 0 aliphatic heterocycles. The summed E-state index contributed by atoms with van der Waals surface area (Å²) in [5.74, 6) is 0. The van der Waals surface area contributed by atoms with Gasteiger partial charge in [-0.15, -0.1) is 0 Å². The molecule has 1 rings (SSSR count). The maximum atomic E-state index is 12.3. The molecule has 0 spiro atoms. The standard InChI is InChI=1S/C7H5BrF2INO/c8-3-1-4(11)5(2-13)12-6(3)7(9)10/h1,7,13H,2H2. The zero-order chi connectivity index (χ0) is 10.0. The predicted molar refractivity (Wildman–Crippen MR) is 55.5 cm³/mol. The maximum absolute atomic E-state index is 12.3. The molecular weight excluding hydrogens is 359 g/mol. The molecule has 0 atom stereocenters. The van der Waals surface area contributed by atoms with Crippen LogP contribution in [0.4, 0.5) is 8.78 Å². The molecule has 1 aromatic rings. The Balaban J connectivity index is 3.22. The van der Waals surface area contributed by atoms with Crippen LogP contribution in [-0.2, 0) is 6.61 Å². The number of aliphatic hydroxyl groups is 1. The van der Waals surface area contributed by atoms with Crippen LogP contribution in [0.2, 0.25) is 0 Å². The van der Waals surface area contributed by atoms with Crippen molar-refractivity contribution in [2.45, 2.75) is 13.0 Å². The molecule has 13 heavy (non-hydrogen) atoms. The molecule has 72 valence electrons. The lowest BCUT2D eigenvalue weighted by Crippen LogP contribution is -2.00. The lowest BCUT2D eigenvalue weighted by molar-refractivity contribution is 0.144. The number of halogens is 4. The van der Waals surface area contributed by atoms with Gasteiger partial charge in [-0.1, -0.05) is 0 Å². The number of hydrogen-bond acceptors (Lipinski definition) is 2. The number of alkyl halides is 2. The van der Waals surface area contributed by atoms with Crippen molar-refractivity contribution in [1.82, 2.24) is 4.98 Å². The number of nitrogens with zero attached hydrogens (tertiary/aromatic N) is 1. The minimum Gasteiger partial charge on any atom is -0.390 e. The molecule has 0 aliphatic rings. The van der Waals surface area contributed by atoms with Crippen LogP contribution in [-0.4, -0.2) is 10.1 Å². The first kappa shape index (κ1) is 11.3. The molecular formula is C7H5BrF2INO. The van der Waals surface area contributed by atoms with E-state index in [1.165, 1.54) is 6.07 Å². The predicted octanol–water partition coefficient (Wildman–Crippen LogP) is 2.88. The van der Waals surface area contributed by atoms with E-state index in [9.17, 15) is 8.78 Å². The average molecular weight is 364 g/mol. The van der Waals surface area contributed by atoms with Crippen molar-refractivity contribution in [3.8, 4) is 0 Å². The third kappa shape index (κ3) is 2.57. The van der Waals surface area contributed by atoms with Gasteiger partial charge in [0.25, 0.3) is 6.43 Å². The quantitative estimate of drug-likeness (QED) is 0.819. The molecule has 0 fully saturated rings. The first-order valence-corrected chi connectivity index (χ1v) is 5.17. The molecule has 0 saturated heterocycles. The molecule has 0 bridgehead atoms. The molecule has 1 N–H and O–H groups in total. The second kappa shape index (κ2) is 4.61. The van der Waals surface area contributed by atoms with Gasteiger partial charge in [-0.2, -0.15) is 0 Å². The van der Waals surface area contributed by atoms with Gasteiger partial charge in [0.1, 0.15) is 5.69 Å². The second-order valence-electron chi connectivity index (χ2n) is 2.24. The highest BCUT2D eigenvalue weighted by atomic mass is 127. The highest BCUT2D eigenvalue weighted by Crippen LogP contribution is 2.28. The Bertz CT molecular complexity index is 322. The van der Waals surface area contributed by atoms with Gasteiger partial charge in [-0.25, -0.2) is 13.8 Å². The van der Waals surface area contributed by atoms with Crippen LogP contribution in [0, 0.1) is 3.57 Å². The summed E-state index contributed by atoms with van der Waals surface area (Å²) in [7, 11) is 0. The van der Waals surface area contributed by atoms with Crippen LogP contribution in [0.3, 0.4) is 0 Å². The molecule has 0 aliphatic carbocycles. The van der Waals surface area contributed by atoms with Gasteiger partial charge in [0.2, 0.25) is 0 Å². The smallest absolute Gasteiger partial charge is 0.281 e. The summed E-state index contributed by atoms with van der Waals surface area (Å²) < 4.78 is 25.5. The molecule has 0 unspecified atom stereocenters. The molecule has 6 heteroatoms. The third-order valence-corrected chi connectivity index (χ3v) is 2.95. The Morgan fingerprint density at radius 2 is 2.23 bits per heavy atom.